The monoisotopic (exact) mass is 372 g/mol. The second-order valence-electron chi connectivity index (χ2n) is 6.76. The van der Waals surface area contributed by atoms with E-state index >= 15 is 0 Å². The molecule has 1 N–H and O–H groups in total. The van der Waals surface area contributed by atoms with Crippen molar-refractivity contribution < 1.29 is 13.5 Å². The molecule has 1 aliphatic rings. The van der Waals surface area contributed by atoms with Gasteiger partial charge in [-0.25, -0.2) is 0 Å². The van der Waals surface area contributed by atoms with E-state index in [0.717, 1.165) is 24.1 Å². The average Bonchev–Trinajstić information content (AvgIpc) is 2.64. The Hall–Kier alpha value is -2.18. The molecular weight excluding hydrogens is 348 g/mol. The largest absolute Gasteiger partial charge is 0.388 e. The predicted molar refractivity (Wildman–Crippen MR) is 103 cm³/mol. The molecule has 0 saturated carbocycles. The van der Waals surface area contributed by atoms with Gasteiger partial charge in [0.25, 0.3) is 10.0 Å². The highest BCUT2D eigenvalue weighted by Crippen LogP contribution is 2.32. The Balaban J connectivity index is 1.98. The third-order valence-corrected chi connectivity index (χ3v) is 6.08. The summed E-state index contributed by atoms with van der Waals surface area (Å²) in [5.74, 6) is 0.0737. The fourth-order valence-corrected chi connectivity index (χ4v) is 4.39. The van der Waals surface area contributed by atoms with Crippen LogP contribution in [-0.2, 0) is 10.0 Å². The van der Waals surface area contributed by atoms with Gasteiger partial charge in [-0.3, -0.25) is 0 Å². The first kappa shape index (κ1) is 18.6. The lowest BCUT2D eigenvalue weighted by Crippen LogP contribution is -2.41. The van der Waals surface area contributed by atoms with Crippen molar-refractivity contribution in [1.82, 2.24) is 4.90 Å². The van der Waals surface area contributed by atoms with Crippen LogP contribution in [0.4, 0.5) is 0 Å². The standard InChI is InChI=1S/C20H24N2O3S/c1-15-10-12-17(13-11-15)26(24,25)21-20-18(9-6-14-22(20)2)19(23)16-7-4-3-5-8-16/h3-5,7-8,10-13,18-19,23H,6,9,14H2,1-2H3/b21-20-/t18-,19+/m0/s1. The second-order valence-corrected chi connectivity index (χ2v) is 8.37. The topological polar surface area (TPSA) is 70.0 Å². The molecule has 2 aromatic rings. The van der Waals surface area contributed by atoms with Gasteiger partial charge in [0, 0.05) is 19.5 Å². The number of aryl methyl sites for hydroxylation is 1. The number of nitrogens with zero attached hydrogens (tertiary/aromatic N) is 2. The first-order chi connectivity index (χ1) is 12.4. The number of benzene rings is 2. The number of sulfonamides is 1. The lowest BCUT2D eigenvalue weighted by atomic mass is 9.87. The number of aliphatic hydroxyl groups excluding tert-OH is 1. The maximum absolute atomic E-state index is 12.8. The van der Waals surface area contributed by atoms with Crippen molar-refractivity contribution in [3.63, 3.8) is 0 Å². The third-order valence-electron chi connectivity index (χ3n) is 4.79. The normalized spacial score (nSPS) is 21.0. The van der Waals surface area contributed by atoms with Crippen LogP contribution in [0.2, 0.25) is 0 Å². The summed E-state index contributed by atoms with van der Waals surface area (Å²) >= 11 is 0. The van der Waals surface area contributed by atoms with E-state index in [1.165, 1.54) is 0 Å². The minimum absolute atomic E-state index is 0.169. The Bertz CT molecular complexity index is 877. The molecule has 2 atom stereocenters. The van der Waals surface area contributed by atoms with Crippen molar-refractivity contribution in [2.45, 2.75) is 30.8 Å². The highest BCUT2D eigenvalue weighted by molar-refractivity contribution is 7.90. The van der Waals surface area contributed by atoms with E-state index in [9.17, 15) is 13.5 Å². The molecule has 2 aromatic carbocycles. The van der Waals surface area contributed by atoms with Gasteiger partial charge in [0.1, 0.15) is 5.84 Å². The van der Waals surface area contributed by atoms with Crippen LogP contribution in [0, 0.1) is 12.8 Å². The minimum atomic E-state index is -3.82. The number of hydrogen-bond donors (Lipinski definition) is 1. The van der Waals surface area contributed by atoms with Gasteiger partial charge >= 0.3 is 0 Å². The number of likely N-dealkylation sites (tertiary alicyclic amines) is 1. The van der Waals surface area contributed by atoms with Gasteiger partial charge in [-0.1, -0.05) is 48.0 Å². The predicted octanol–water partition coefficient (Wildman–Crippen LogP) is 3.16. The maximum atomic E-state index is 12.8. The van der Waals surface area contributed by atoms with Gasteiger partial charge < -0.3 is 10.0 Å². The molecule has 0 spiro atoms. The van der Waals surface area contributed by atoms with Gasteiger partial charge in [-0.2, -0.15) is 8.42 Å². The summed E-state index contributed by atoms with van der Waals surface area (Å²) in [6, 6.07) is 16.0. The van der Waals surface area contributed by atoms with Crippen LogP contribution >= 0.6 is 0 Å². The molecule has 138 valence electrons. The first-order valence-electron chi connectivity index (χ1n) is 8.74. The second kappa shape index (κ2) is 7.60. The molecule has 6 heteroatoms. The van der Waals surface area contributed by atoms with E-state index in [0.29, 0.717) is 12.3 Å². The molecule has 1 fully saturated rings. The molecule has 0 aliphatic carbocycles. The van der Waals surface area contributed by atoms with Crippen molar-refractivity contribution in [3.05, 3.63) is 65.7 Å². The highest BCUT2D eigenvalue weighted by Gasteiger charge is 2.33. The zero-order valence-electron chi connectivity index (χ0n) is 15.0. The van der Waals surface area contributed by atoms with Crippen LogP contribution in [0.1, 0.15) is 30.1 Å². The summed E-state index contributed by atoms with van der Waals surface area (Å²) in [5, 5.41) is 10.8. The SMILES string of the molecule is Cc1ccc(S(=O)(=O)/N=C2/[C@H]([C@H](O)c3ccccc3)CCCN2C)cc1. The van der Waals surface area contributed by atoms with E-state index in [2.05, 4.69) is 4.40 Å². The zero-order valence-corrected chi connectivity index (χ0v) is 15.9. The minimum Gasteiger partial charge on any atom is -0.388 e. The van der Waals surface area contributed by atoms with E-state index in [4.69, 9.17) is 0 Å². The summed E-state index contributed by atoms with van der Waals surface area (Å²) in [4.78, 5) is 2.01. The molecule has 0 radical (unpaired) electrons. The first-order valence-corrected chi connectivity index (χ1v) is 10.2. The van der Waals surface area contributed by atoms with Gasteiger partial charge in [0.2, 0.25) is 0 Å². The maximum Gasteiger partial charge on any atom is 0.283 e. The van der Waals surface area contributed by atoms with E-state index < -0.39 is 16.1 Å². The Morgan fingerprint density at radius 3 is 2.42 bits per heavy atom. The highest BCUT2D eigenvalue weighted by atomic mass is 32.2. The number of piperidine rings is 1. The Kier molecular flexibility index (Phi) is 5.44. The molecule has 1 aliphatic heterocycles. The lowest BCUT2D eigenvalue weighted by Gasteiger charge is -2.35. The summed E-state index contributed by atoms with van der Waals surface area (Å²) in [5.41, 5.74) is 1.76. The molecule has 0 aromatic heterocycles. The molecule has 3 rings (SSSR count). The molecule has 5 nitrogen and oxygen atoms in total. The van der Waals surface area contributed by atoms with Crippen molar-refractivity contribution in [2.24, 2.45) is 10.3 Å². The number of amidine groups is 1. The van der Waals surface area contributed by atoms with Crippen molar-refractivity contribution in [1.29, 1.82) is 0 Å². The number of aliphatic hydroxyl groups is 1. The van der Waals surface area contributed by atoms with Crippen LogP contribution in [0.3, 0.4) is 0 Å². The molecule has 1 saturated heterocycles. The van der Waals surface area contributed by atoms with Gasteiger partial charge in [-0.15, -0.1) is 4.40 Å². The average molecular weight is 372 g/mol. The lowest BCUT2D eigenvalue weighted by molar-refractivity contribution is 0.120. The van der Waals surface area contributed by atoms with Crippen LogP contribution in [0.5, 0.6) is 0 Å². The fourth-order valence-electron chi connectivity index (χ4n) is 3.28. The summed E-state index contributed by atoms with van der Waals surface area (Å²) in [6.07, 6.45) is 0.794. The van der Waals surface area contributed by atoms with Crippen LogP contribution in [0.15, 0.2) is 63.9 Å². The van der Waals surface area contributed by atoms with E-state index in [1.54, 1.807) is 24.3 Å². The van der Waals surface area contributed by atoms with Crippen LogP contribution < -0.4 is 0 Å². The van der Waals surface area contributed by atoms with Gasteiger partial charge in [-0.05, 0) is 37.5 Å². The molecule has 0 bridgehead atoms. The Morgan fingerprint density at radius 2 is 1.77 bits per heavy atom. The van der Waals surface area contributed by atoms with Gasteiger partial charge in [0.05, 0.1) is 11.0 Å². The molecule has 0 amide bonds. The fraction of sp³-hybridized carbons (Fsp3) is 0.350. The smallest absolute Gasteiger partial charge is 0.283 e. The number of rotatable bonds is 4. The number of hydrogen-bond acceptors (Lipinski definition) is 3. The van der Waals surface area contributed by atoms with Gasteiger partial charge in [0.15, 0.2) is 0 Å². The molecule has 1 heterocycles. The Labute approximate surface area is 155 Å². The molecular formula is C20H24N2O3S. The summed E-state index contributed by atoms with van der Waals surface area (Å²) in [6.45, 7) is 2.63. The quantitative estimate of drug-likeness (QED) is 0.895. The van der Waals surface area contributed by atoms with E-state index in [1.807, 2.05) is 49.2 Å². The molecule has 0 unspecified atom stereocenters. The Morgan fingerprint density at radius 1 is 1.12 bits per heavy atom. The van der Waals surface area contributed by atoms with Crippen molar-refractivity contribution in [3.8, 4) is 0 Å². The van der Waals surface area contributed by atoms with Crippen molar-refractivity contribution >= 4 is 15.9 Å². The van der Waals surface area contributed by atoms with Crippen LogP contribution in [-0.4, -0.2) is 37.9 Å². The van der Waals surface area contributed by atoms with Crippen LogP contribution in [0.25, 0.3) is 0 Å². The molecule has 26 heavy (non-hydrogen) atoms. The third kappa shape index (κ3) is 3.97. The zero-order chi connectivity index (χ0) is 18.7. The van der Waals surface area contributed by atoms with E-state index in [-0.39, 0.29) is 10.8 Å². The summed E-state index contributed by atoms with van der Waals surface area (Å²) in [7, 11) is -2.00. The summed E-state index contributed by atoms with van der Waals surface area (Å²) < 4.78 is 29.7. The van der Waals surface area contributed by atoms with Crippen molar-refractivity contribution in [2.75, 3.05) is 13.6 Å².